The van der Waals surface area contributed by atoms with Gasteiger partial charge in [-0.1, -0.05) is 6.07 Å². The van der Waals surface area contributed by atoms with Crippen molar-refractivity contribution in [2.75, 3.05) is 24.8 Å². The van der Waals surface area contributed by atoms with E-state index in [4.69, 9.17) is 9.47 Å². The Balaban J connectivity index is 1.54. The number of carbonyl (C=O) groups excluding carboxylic acids is 1. The van der Waals surface area contributed by atoms with Gasteiger partial charge in [0.15, 0.2) is 11.5 Å². The molecule has 0 radical (unpaired) electrons. The number of nitrogens with one attached hydrogen (secondary N) is 1. The summed E-state index contributed by atoms with van der Waals surface area (Å²) in [5.74, 6) is 1.02. The molecule has 2 heterocycles. The molecular weight excluding hydrogens is 402 g/mol. The number of rotatable bonds is 5. The first-order valence-electron chi connectivity index (χ1n) is 9.54. The summed E-state index contributed by atoms with van der Waals surface area (Å²) in [6, 6.07) is 16.1. The first kappa shape index (κ1) is 20.0. The van der Waals surface area contributed by atoms with Crippen molar-refractivity contribution in [1.29, 1.82) is 0 Å². The zero-order valence-electron chi connectivity index (χ0n) is 16.5. The monoisotopic (exact) mass is 423 g/mol. The zero-order chi connectivity index (χ0) is 20.9. The number of aromatic nitrogens is 2. The molecule has 4 rings (SSSR count). The Morgan fingerprint density at radius 1 is 1.10 bits per heavy atom. The van der Waals surface area contributed by atoms with Gasteiger partial charge >= 0.3 is 0 Å². The second kappa shape index (κ2) is 9.04. The largest absolute Gasteiger partial charge is 0.490 e. The molecule has 0 unspecified atom stereocenters. The summed E-state index contributed by atoms with van der Waals surface area (Å²) in [6.07, 6.45) is 2.79. The number of hydrogen-bond donors (Lipinski definition) is 1. The summed E-state index contributed by atoms with van der Waals surface area (Å²) in [4.78, 5) is 25.7. The van der Waals surface area contributed by atoms with E-state index in [1.807, 2.05) is 48.7 Å². The predicted molar refractivity (Wildman–Crippen MR) is 116 cm³/mol. The maximum atomic E-state index is 12.5. The Kier molecular flexibility index (Phi) is 6.04. The van der Waals surface area contributed by atoms with Crippen molar-refractivity contribution in [2.24, 2.45) is 0 Å². The van der Waals surface area contributed by atoms with E-state index in [-0.39, 0.29) is 18.0 Å². The van der Waals surface area contributed by atoms with Crippen molar-refractivity contribution in [3.8, 4) is 22.8 Å². The van der Waals surface area contributed by atoms with Crippen LogP contribution in [-0.4, -0.2) is 35.2 Å². The van der Waals surface area contributed by atoms with Crippen LogP contribution in [0.2, 0.25) is 0 Å². The summed E-state index contributed by atoms with van der Waals surface area (Å²) >= 11 is 1.59. The second-order valence-corrected chi connectivity index (χ2v) is 7.59. The quantitative estimate of drug-likeness (QED) is 0.633. The molecule has 1 aromatic heterocycles. The second-order valence-electron chi connectivity index (χ2n) is 6.71. The number of nitrogens with zero attached hydrogens (tertiary/aromatic N) is 2. The Labute approximate surface area is 178 Å². The Morgan fingerprint density at radius 3 is 2.77 bits per heavy atom. The third kappa shape index (κ3) is 4.65. The molecular formula is C22H21N3O4S. The summed E-state index contributed by atoms with van der Waals surface area (Å²) in [7, 11) is 0. The maximum absolute atomic E-state index is 12.5. The van der Waals surface area contributed by atoms with E-state index in [0.717, 1.165) is 21.6 Å². The van der Waals surface area contributed by atoms with Crippen LogP contribution in [0, 0.1) is 0 Å². The van der Waals surface area contributed by atoms with Crippen LogP contribution in [0.3, 0.4) is 0 Å². The van der Waals surface area contributed by atoms with Crippen molar-refractivity contribution >= 4 is 23.4 Å². The lowest BCUT2D eigenvalue weighted by Gasteiger charge is -2.11. The molecule has 0 saturated carbocycles. The molecule has 0 atom stereocenters. The molecule has 8 heteroatoms. The normalized spacial score (nSPS) is 12.8. The van der Waals surface area contributed by atoms with Crippen LogP contribution in [-0.2, 0) is 11.3 Å². The van der Waals surface area contributed by atoms with Crippen LogP contribution in [0.5, 0.6) is 11.5 Å². The van der Waals surface area contributed by atoms with E-state index in [1.54, 1.807) is 17.8 Å². The van der Waals surface area contributed by atoms with Gasteiger partial charge in [0.2, 0.25) is 5.91 Å². The first-order valence-corrected chi connectivity index (χ1v) is 10.8. The molecule has 30 heavy (non-hydrogen) atoms. The van der Waals surface area contributed by atoms with Crippen LogP contribution in [0.1, 0.15) is 6.42 Å². The van der Waals surface area contributed by atoms with Gasteiger partial charge in [-0.05, 0) is 48.7 Å². The molecule has 0 fully saturated rings. The SMILES string of the molecule is CSc1cccc(NC(=O)Cn2nc(-c3ccc4c(c3)OCCCO4)ccc2=O)c1. The minimum Gasteiger partial charge on any atom is -0.490 e. The van der Waals surface area contributed by atoms with Crippen LogP contribution in [0.15, 0.2) is 64.3 Å². The van der Waals surface area contributed by atoms with Crippen LogP contribution in [0.25, 0.3) is 11.3 Å². The highest BCUT2D eigenvalue weighted by atomic mass is 32.2. The maximum Gasteiger partial charge on any atom is 0.267 e. The van der Waals surface area contributed by atoms with E-state index in [1.165, 1.54) is 6.07 Å². The highest BCUT2D eigenvalue weighted by molar-refractivity contribution is 7.98. The third-order valence-electron chi connectivity index (χ3n) is 4.56. The topological polar surface area (TPSA) is 82.5 Å². The minimum absolute atomic E-state index is 0.180. The Morgan fingerprint density at radius 2 is 1.93 bits per heavy atom. The van der Waals surface area contributed by atoms with Gasteiger partial charge in [-0.3, -0.25) is 9.59 Å². The highest BCUT2D eigenvalue weighted by Gasteiger charge is 2.13. The highest BCUT2D eigenvalue weighted by Crippen LogP contribution is 2.33. The molecule has 2 aromatic carbocycles. The first-order chi connectivity index (χ1) is 14.6. The van der Waals surface area contributed by atoms with Gasteiger partial charge in [0.1, 0.15) is 6.54 Å². The van der Waals surface area contributed by atoms with Gasteiger partial charge in [0.05, 0.1) is 18.9 Å². The van der Waals surface area contributed by atoms with Gasteiger partial charge in [0, 0.05) is 28.6 Å². The molecule has 3 aromatic rings. The van der Waals surface area contributed by atoms with E-state index in [9.17, 15) is 9.59 Å². The fourth-order valence-electron chi connectivity index (χ4n) is 3.08. The Bertz CT molecular complexity index is 1130. The number of fused-ring (bicyclic) bond motifs is 1. The number of anilines is 1. The molecule has 1 aliphatic heterocycles. The summed E-state index contributed by atoms with van der Waals surface area (Å²) < 4.78 is 12.5. The molecule has 1 N–H and O–H groups in total. The molecule has 0 bridgehead atoms. The van der Waals surface area contributed by atoms with Crippen molar-refractivity contribution in [1.82, 2.24) is 9.78 Å². The van der Waals surface area contributed by atoms with Crippen molar-refractivity contribution < 1.29 is 14.3 Å². The van der Waals surface area contributed by atoms with Crippen LogP contribution < -0.4 is 20.3 Å². The Hall–Kier alpha value is -3.26. The van der Waals surface area contributed by atoms with Crippen molar-refractivity contribution in [3.05, 3.63) is 65.0 Å². The number of thioether (sulfide) groups is 1. The molecule has 1 aliphatic rings. The molecule has 154 valence electrons. The molecule has 0 saturated heterocycles. The third-order valence-corrected chi connectivity index (χ3v) is 5.28. The standard InChI is InChI=1S/C22H21N3O4S/c1-30-17-5-2-4-16(13-17)23-21(26)14-25-22(27)9-7-18(24-25)15-6-8-19-20(12-15)29-11-3-10-28-19/h2,4-9,12-13H,3,10-11,14H2,1H3,(H,23,26). The number of ether oxygens (including phenoxy) is 2. The summed E-state index contributed by atoms with van der Waals surface area (Å²) in [6.45, 7) is 1.02. The van der Waals surface area contributed by atoms with Gasteiger partial charge in [0.25, 0.3) is 5.56 Å². The summed E-state index contributed by atoms with van der Waals surface area (Å²) in [5, 5.41) is 7.18. The predicted octanol–water partition coefficient (Wildman–Crippen LogP) is 3.43. The van der Waals surface area contributed by atoms with Crippen molar-refractivity contribution in [3.63, 3.8) is 0 Å². The van der Waals surface area contributed by atoms with Gasteiger partial charge in [-0.15, -0.1) is 11.8 Å². The van der Waals surface area contributed by atoms with E-state index in [0.29, 0.717) is 36.1 Å². The van der Waals surface area contributed by atoms with E-state index < -0.39 is 0 Å². The molecule has 0 spiro atoms. The molecule has 1 amide bonds. The average molecular weight is 423 g/mol. The number of benzene rings is 2. The number of amides is 1. The number of carbonyl (C=O) groups is 1. The van der Waals surface area contributed by atoms with Gasteiger partial charge in [-0.25, -0.2) is 4.68 Å². The lowest BCUT2D eigenvalue weighted by Crippen LogP contribution is -2.29. The van der Waals surface area contributed by atoms with Crippen molar-refractivity contribution in [2.45, 2.75) is 17.9 Å². The summed E-state index contributed by atoms with van der Waals surface area (Å²) in [5.41, 5.74) is 1.68. The molecule has 7 nitrogen and oxygen atoms in total. The zero-order valence-corrected chi connectivity index (χ0v) is 17.3. The smallest absolute Gasteiger partial charge is 0.267 e. The van der Waals surface area contributed by atoms with E-state index in [2.05, 4.69) is 10.4 Å². The average Bonchev–Trinajstić information content (AvgIpc) is 3.00. The van der Waals surface area contributed by atoms with Crippen LogP contribution in [0.4, 0.5) is 5.69 Å². The van der Waals surface area contributed by atoms with Gasteiger partial charge < -0.3 is 14.8 Å². The molecule has 0 aliphatic carbocycles. The lowest BCUT2D eigenvalue weighted by atomic mass is 10.1. The lowest BCUT2D eigenvalue weighted by molar-refractivity contribution is -0.117. The fraction of sp³-hybridized carbons (Fsp3) is 0.227. The number of hydrogen-bond acceptors (Lipinski definition) is 6. The van der Waals surface area contributed by atoms with E-state index >= 15 is 0 Å². The minimum atomic E-state index is -0.346. The fourth-order valence-corrected chi connectivity index (χ4v) is 3.54. The van der Waals surface area contributed by atoms with Crippen LogP contribution >= 0.6 is 11.8 Å². The van der Waals surface area contributed by atoms with Gasteiger partial charge in [-0.2, -0.15) is 5.10 Å².